The molecule has 0 saturated carbocycles. The molecule has 0 aromatic rings. The second-order valence-corrected chi connectivity index (χ2v) is 5.14. The Kier molecular flexibility index (Phi) is 4.56. The Bertz CT molecular complexity index is 219. The fourth-order valence-electron chi connectivity index (χ4n) is 1.96. The van der Waals surface area contributed by atoms with Crippen LogP contribution in [0.15, 0.2) is 0 Å². The van der Waals surface area contributed by atoms with Crippen LogP contribution in [-0.4, -0.2) is 36.2 Å². The van der Waals surface area contributed by atoms with Crippen molar-refractivity contribution in [3.05, 3.63) is 0 Å². The zero-order valence-electron chi connectivity index (χ0n) is 10.1. The van der Waals surface area contributed by atoms with Crippen LogP contribution in [0.1, 0.15) is 40.0 Å². The first-order valence-electron chi connectivity index (χ1n) is 5.77. The molecule has 1 aliphatic heterocycles. The van der Waals surface area contributed by atoms with Gasteiger partial charge in [-0.1, -0.05) is 0 Å². The zero-order chi connectivity index (χ0) is 11.3. The predicted octanol–water partition coefficient (Wildman–Crippen LogP) is 2.18. The van der Waals surface area contributed by atoms with Gasteiger partial charge in [-0.05, 0) is 33.6 Å². The van der Waals surface area contributed by atoms with Gasteiger partial charge < -0.3 is 4.74 Å². The van der Waals surface area contributed by atoms with E-state index in [1.165, 1.54) is 0 Å². The first-order chi connectivity index (χ1) is 7.04. The third-order valence-corrected chi connectivity index (χ3v) is 2.96. The van der Waals surface area contributed by atoms with Crippen molar-refractivity contribution < 1.29 is 4.74 Å². The number of ether oxygens (including phenoxy) is 1. The van der Waals surface area contributed by atoms with Gasteiger partial charge in [0.1, 0.15) is 0 Å². The molecular weight excluding hydrogens is 188 g/mol. The molecule has 0 atom stereocenters. The minimum atomic E-state index is 0.275. The van der Waals surface area contributed by atoms with E-state index in [0.29, 0.717) is 19.1 Å². The van der Waals surface area contributed by atoms with Crippen molar-refractivity contribution in [2.75, 3.05) is 19.7 Å². The van der Waals surface area contributed by atoms with Crippen molar-refractivity contribution in [3.63, 3.8) is 0 Å². The molecule has 86 valence electrons. The lowest BCUT2D eigenvalue weighted by Crippen LogP contribution is -2.47. The molecule has 0 amide bonds. The first kappa shape index (κ1) is 12.5. The Balaban J connectivity index is 2.22. The third kappa shape index (κ3) is 4.19. The van der Waals surface area contributed by atoms with E-state index in [1.807, 2.05) is 0 Å². The van der Waals surface area contributed by atoms with Crippen molar-refractivity contribution in [1.29, 1.82) is 5.26 Å². The van der Waals surface area contributed by atoms with Crippen molar-refractivity contribution in [3.8, 4) is 6.07 Å². The second-order valence-electron chi connectivity index (χ2n) is 5.14. The normalized spacial score (nSPS) is 20.1. The summed E-state index contributed by atoms with van der Waals surface area (Å²) in [6.45, 7) is 9.58. The Morgan fingerprint density at radius 2 is 1.93 bits per heavy atom. The highest BCUT2D eigenvalue weighted by Gasteiger charge is 2.26. The van der Waals surface area contributed by atoms with Crippen LogP contribution in [0, 0.1) is 11.3 Å². The van der Waals surface area contributed by atoms with Gasteiger partial charge in [0.15, 0.2) is 0 Å². The predicted molar refractivity (Wildman–Crippen MR) is 60.5 cm³/mol. The monoisotopic (exact) mass is 210 g/mol. The van der Waals surface area contributed by atoms with E-state index in [0.717, 1.165) is 25.9 Å². The number of hydrogen-bond donors (Lipinski definition) is 0. The van der Waals surface area contributed by atoms with Gasteiger partial charge >= 0.3 is 0 Å². The van der Waals surface area contributed by atoms with Gasteiger partial charge in [0.2, 0.25) is 0 Å². The Labute approximate surface area is 93.0 Å². The number of hydrogen-bond acceptors (Lipinski definition) is 3. The molecule has 0 aliphatic carbocycles. The largest absolute Gasteiger partial charge is 0.377 e. The highest BCUT2D eigenvalue weighted by atomic mass is 16.5. The van der Waals surface area contributed by atoms with Crippen LogP contribution in [0.25, 0.3) is 0 Å². The lowest BCUT2D eigenvalue weighted by Gasteiger charge is -2.40. The Morgan fingerprint density at radius 1 is 1.33 bits per heavy atom. The fraction of sp³-hybridized carbons (Fsp3) is 0.917. The number of nitriles is 1. The molecule has 0 aromatic heterocycles. The smallest absolute Gasteiger partial charge is 0.0645 e. The average Bonchev–Trinajstić information content (AvgIpc) is 2.18. The highest BCUT2D eigenvalue weighted by Crippen LogP contribution is 2.21. The van der Waals surface area contributed by atoms with Crippen molar-refractivity contribution in [1.82, 2.24) is 4.90 Å². The summed E-state index contributed by atoms with van der Waals surface area (Å²) in [5.41, 5.74) is 0.275. The lowest BCUT2D eigenvalue weighted by atomic mass is 9.99. The quantitative estimate of drug-likeness (QED) is 0.670. The van der Waals surface area contributed by atoms with E-state index in [-0.39, 0.29) is 5.54 Å². The van der Waals surface area contributed by atoms with Gasteiger partial charge in [-0.25, -0.2) is 0 Å². The summed E-state index contributed by atoms with van der Waals surface area (Å²) in [5.74, 6) is 0. The topological polar surface area (TPSA) is 36.3 Å². The summed E-state index contributed by atoms with van der Waals surface area (Å²) in [5, 5.41) is 8.41. The maximum Gasteiger partial charge on any atom is 0.0645 e. The molecule has 0 aromatic carbocycles. The summed E-state index contributed by atoms with van der Waals surface area (Å²) in [7, 11) is 0. The Hall–Kier alpha value is -0.590. The summed E-state index contributed by atoms with van der Waals surface area (Å²) in [4.78, 5) is 2.50. The first-order valence-corrected chi connectivity index (χ1v) is 5.77. The Morgan fingerprint density at radius 3 is 2.40 bits per heavy atom. The molecule has 1 fully saturated rings. The molecule has 1 rings (SSSR count). The van der Waals surface area contributed by atoms with Gasteiger partial charge in [-0.15, -0.1) is 0 Å². The average molecular weight is 210 g/mol. The third-order valence-electron chi connectivity index (χ3n) is 2.96. The molecule has 0 bridgehead atoms. The molecule has 0 radical (unpaired) electrons. The van der Waals surface area contributed by atoms with E-state index in [2.05, 4.69) is 31.7 Å². The van der Waals surface area contributed by atoms with Crippen LogP contribution in [0.3, 0.4) is 0 Å². The van der Waals surface area contributed by atoms with Gasteiger partial charge in [0.25, 0.3) is 0 Å². The van der Waals surface area contributed by atoms with E-state index in [9.17, 15) is 0 Å². The molecule has 1 aliphatic rings. The van der Waals surface area contributed by atoms with Crippen LogP contribution in [0.5, 0.6) is 0 Å². The van der Waals surface area contributed by atoms with E-state index in [1.54, 1.807) is 0 Å². The molecule has 1 heterocycles. The van der Waals surface area contributed by atoms with Crippen molar-refractivity contribution in [2.45, 2.75) is 51.7 Å². The highest BCUT2D eigenvalue weighted by molar-refractivity contribution is 4.82. The maximum atomic E-state index is 8.41. The standard InChI is InChI=1S/C12H22N2O/c1-12(2,3)14-8-5-11(6-9-14)15-10-4-7-13/h11H,4-6,8-10H2,1-3H3. The molecule has 1 saturated heterocycles. The molecule has 0 spiro atoms. The lowest BCUT2D eigenvalue weighted by molar-refractivity contribution is -0.0107. The second kappa shape index (κ2) is 5.48. The van der Waals surface area contributed by atoms with Crippen LogP contribution in [-0.2, 0) is 4.74 Å². The molecule has 3 heteroatoms. The van der Waals surface area contributed by atoms with E-state index >= 15 is 0 Å². The van der Waals surface area contributed by atoms with Crippen LogP contribution < -0.4 is 0 Å². The molecule has 15 heavy (non-hydrogen) atoms. The SMILES string of the molecule is CC(C)(C)N1CCC(OCCC#N)CC1. The fourth-order valence-corrected chi connectivity index (χ4v) is 1.96. The van der Waals surface area contributed by atoms with Gasteiger partial charge in [-0.2, -0.15) is 5.26 Å². The number of nitrogens with zero attached hydrogens (tertiary/aromatic N) is 2. The maximum absolute atomic E-state index is 8.41. The van der Waals surface area contributed by atoms with Crippen LogP contribution >= 0.6 is 0 Å². The van der Waals surface area contributed by atoms with Gasteiger partial charge in [0, 0.05) is 18.6 Å². The molecular formula is C12H22N2O. The molecule has 3 nitrogen and oxygen atoms in total. The van der Waals surface area contributed by atoms with Gasteiger partial charge in [-0.3, -0.25) is 4.90 Å². The molecule has 0 N–H and O–H groups in total. The molecule has 0 unspecified atom stereocenters. The zero-order valence-corrected chi connectivity index (χ0v) is 10.1. The van der Waals surface area contributed by atoms with Crippen molar-refractivity contribution in [2.24, 2.45) is 0 Å². The van der Waals surface area contributed by atoms with E-state index < -0.39 is 0 Å². The summed E-state index contributed by atoms with van der Waals surface area (Å²) < 4.78 is 5.64. The minimum Gasteiger partial charge on any atom is -0.377 e. The summed E-state index contributed by atoms with van der Waals surface area (Å²) >= 11 is 0. The van der Waals surface area contributed by atoms with Crippen LogP contribution in [0.2, 0.25) is 0 Å². The minimum absolute atomic E-state index is 0.275. The van der Waals surface area contributed by atoms with Gasteiger partial charge in [0.05, 0.1) is 25.2 Å². The van der Waals surface area contributed by atoms with Crippen molar-refractivity contribution >= 4 is 0 Å². The number of rotatable bonds is 3. The summed E-state index contributed by atoms with van der Waals surface area (Å²) in [6, 6.07) is 2.10. The number of likely N-dealkylation sites (tertiary alicyclic amines) is 1. The summed E-state index contributed by atoms with van der Waals surface area (Å²) in [6.07, 6.45) is 3.09. The number of piperidine rings is 1. The van der Waals surface area contributed by atoms with E-state index in [4.69, 9.17) is 10.00 Å². The van der Waals surface area contributed by atoms with Crippen LogP contribution in [0.4, 0.5) is 0 Å².